The van der Waals surface area contributed by atoms with Crippen molar-refractivity contribution in [2.45, 2.75) is 33.2 Å². The molecule has 0 radical (unpaired) electrons. The second-order valence-corrected chi connectivity index (χ2v) is 7.19. The number of hydrogen-bond donors (Lipinski definition) is 1. The van der Waals surface area contributed by atoms with Crippen molar-refractivity contribution in [3.8, 4) is 0 Å². The predicted octanol–water partition coefficient (Wildman–Crippen LogP) is 2.05. The number of rotatable bonds is 1. The van der Waals surface area contributed by atoms with Crippen molar-refractivity contribution in [2.75, 3.05) is 20.6 Å². The Balaban J connectivity index is 2.38. The van der Waals surface area contributed by atoms with Gasteiger partial charge in [0, 0.05) is 50.8 Å². The molecule has 1 aliphatic heterocycles. The highest BCUT2D eigenvalue weighted by Gasteiger charge is 2.54. The van der Waals surface area contributed by atoms with Crippen molar-refractivity contribution in [2.24, 2.45) is 17.3 Å². The summed E-state index contributed by atoms with van der Waals surface area (Å²) in [5.41, 5.74) is 0.629. The average molecular weight is 280 g/mol. The van der Waals surface area contributed by atoms with Gasteiger partial charge in [0.2, 0.25) is 0 Å². The lowest BCUT2D eigenvalue weighted by Crippen LogP contribution is -2.45. The van der Waals surface area contributed by atoms with E-state index in [-0.39, 0.29) is 29.1 Å². The van der Waals surface area contributed by atoms with Gasteiger partial charge in [-0.05, 0) is 11.3 Å². The van der Waals surface area contributed by atoms with Crippen LogP contribution in [0.3, 0.4) is 0 Å². The first-order chi connectivity index (χ1) is 9.12. The lowest BCUT2D eigenvalue weighted by molar-refractivity contribution is -0.115. The fraction of sp³-hybridized carbons (Fsp3) is 0.733. The molecule has 5 nitrogen and oxygen atoms in total. The van der Waals surface area contributed by atoms with Crippen LogP contribution >= 0.6 is 0 Å². The number of ketones is 1. The van der Waals surface area contributed by atoms with Crippen LogP contribution in [-0.2, 0) is 4.79 Å². The number of carbonyl (C=O) groups excluding carboxylic acids is 1. The molecule has 0 bridgehead atoms. The van der Waals surface area contributed by atoms with E-state index >= 15 is 0 Å². The molecule has 1 aliphatic carbocycles. The molecule has 0 spiro atoms. The number of hydrogen-bond acceptors (Lipinski definition) is 3. The quantitative estimate of drug-likeness (QED) is 0.747. The molecule has 3 atom stereocenters. The van der Waals surface area contributed by atoms with Crippen LogP contribution in [0.4, 0.5) is 4.79 Å². The summed E-state index contributed by atoms with van der Waals surface area (Å²) in [6.45, 7) is 6.59. The van der Waals surface area contributed by atoms with Crippen LogP contribution in [0.5, 0.6) is 0 Å². The number of fused-ring (bicyclic) bond motifs is 1. The zero-order chi connectivity index (χ0) is 15.2. The Morgan fingerprint density at radius 2 is 2.00 bits per heavy atom. The van der Waals surface area contributed by atoms with Crippen molar-refractivity contribution in [1.82, 2.24) is 9.80 Å². The van der Waals surface area contributed by atoms with E-state index in [0.29, 0.717) is 13.0 Å². The molecule has 112 valence electrons. The smallest absolute Gasteiger partial charge is 0.407 e. The summed E-state index contributed by atoms with van der Waals surface area (Å²) in [4.78, 5) is 27.1. The number of carboxylic acid groups (broad SMARTS) is 1. The molecule has 0 aromatic carbocycles. The first kappa shape index (κ1) is 14.9. The summed E-state index contributed by atoms with van der Waals surface area (Å²) in [5.74, 6) is 0.336. The van der Waals surface area contributed by atoms with E-state index < -0.39 is 6.09 Å². The molecule has 2 aliphatic rings. The molecule has 1 saturated heterocycles. The topological polar surface area (TPSA) is 60.9 Å². The maximum atomic E-state index is 12.2. The zero-order valence-electron chi connectivity index (χ0n) is 12.9. The van der Waals surface area contributed by atoms with Crippen LogP contribution in [0.15, 0.2) is 11.8 Å². The Labute approximate surface area is 120 Å². The highest BCUT2D eigenvalue weighted by Crippen LogP contribution is 2.49. The largest absolute Gasteiger partial charge is 0.465 e. The second-order valence-electron chi connectivity index (χ2n) is 7.19. The third kappa shape index (κ3) is 2.41. The molecule has 1 heterocycles. The van der Waals surface area contributed by atoms with Crippen molar-refractivity contribution in [1.29, 1.82) is 0 Å². The molecule has 3 unspecified atom stereocenters. The maximum absolute atomic E-state index is 12.2. The van der Waals surface area contributed by atoms with Gasteiger partial charge in [-0.1, -0.05) is 20.8 Å². The lowest BCUT2D eigenvalue weighted by Gasteiger charge is -2.36. The van der Waals surface area contributed by atoms with Crippen molar-refractivity contribution >= 4 is 11.9 Å². The number of nitrogens with zero attached hydrogens (tertiary/aromatic N) is 2. The Kier molecular flexibility index (Phi) is 3.56. The van der Waals surface area contributed by atoms with Gasteiger partial charge in [-0.3, -0.25) is 4.79 Å². The van der Waals surface area contributed by atoms with Crippen LogP contribution in [-0.4, -0.2) is 53.5 Å². The molecule has 1 amide bonds. The van der Waals surface area contributed by atoms with Gasteiger partial charge in [0.1, 0.15) is 0 Å². The third-order valence-corrected chi connectivity index (χ3v) is 4.32. The van der Waals surface area contributed by atoms with Gasteiger partial charge in [0.05, 0.1) is 0 Å². The van der Waals surface area contributed by atoms with Gasteiger partial charge < -0.3 is 14.9 Å². The predicted molar refractivity (Wildman–Crippen MR) is 76.3 cm³/mol. The van der Waals surface area contributed by atoms with Crippen LogP contribution in [0.25, 0.3) is 0 Å². The molecule has 2 fully saturated rings. The van der Waals surface area contributed by atoms with E-state index in [9.17, 15) is 14.7 Å². The van der Waals surface area contributed by atoms with Crippen molar-refractivity contribution < 1.29 is 14.7 Å². The Morgan fingerprint density at radius 3 is 2.45 bits per heavy atom. The fourth-order valence-corrected chi connectivity index (χ4v) is 3.79. The fourth-order valence-electron chi connectivity index (χ4n) is 3.79. The van der Waals surface area contributed by atoms with E-state index in [0.717, 1.165) is 5.57 Å². The first-order valence-electron chi connectivity index (χ1n) is 7.04. The minimum atomic E-state index is -0.879. The summed E-state index contributed by atoms with van der Waals surface area (Å²) in [7, 11) is 3.78. The first-order valence-corrected chi connectivity index (χ1v) is 7.04. The normalized spacial score (nSPS) is 31.9. The van der Waals surface area contributed by atoms with E-state index in [1.807, 2.05) is 46.0 Å². The molecular formula is C15H24N2O3. The number of likely N-dealkylation sites (tertiary alicyclic amines) is 1. The summed E-state index contributed by atoms with van der Waals surface area (Å²) in [5, 5.41) is 9.45. The third-order valence-electron chi connectivity index (χ3n) is 4.32. The van der Waals surface area contributed by atoms with Gasteiger partial charge in [-0.2, -0.15) is 0 Å². The van der Waals surface area contributed by atoms with Gasteiger partial charge in [-0.25, -0.2) is 4.79 Å². The minimum Gasteiger partial charge on any atom is -0.465 e. The van der Waals surface area contributed by atoms with Crippen LogP contribution in [0.2, 0.25) is 0 Å². The highest BCUT2D eigenvalue weighted by molar-refractivity contribution is 5.99. The SMILES string of the molecule is CN(C)/C=C1/C(=O)CC2C1CN(C(=O)O)C2C(C)(C)C. The molecule has 1 saturated carbocycles. The Hall–Kier alpha value is -1.52. The van der Waals surface area contributed by atoms with Gasteiger partial charge in [0.15, 0.2) is 5.78 Å². The molecule has 20 heavy (non-hydrogen) atoms. The van der Waals surface area contributed by atoms with Gasteiger partial charge in [0.25, 0.3) is 0 Å². The standard InChI is InChI=1S/C15H24N2O3/c1-15(2,3)13-9-6-12(18)11(7-16(4)5)10(9)8-17(13)14(19)20/h7,9-10,13H,6,8H2,1-5H3,(H,19,20)/b11-7+. The average Bonchev–Trinajstić information content (AvgIpc) is 2.75. The maximum Gasteiger partial charge on any atom is 0.407 e. The molecule has 2 rings (SSSR count). The summed E-state index contributed by atoms with van der Waals surface area (Å²) >= 11 is 0. The monoisotopic (exact) mass is 280 g/mol. The minimum absolute atomic E-state index is 0.0465. The van der Waals surface area contributed by atoms with Gasteiger partial charge >= 0.3 is 6.09 Å². The number of carbonyl (C=O) groups is 2. The van der Waals surface area contributed by atoms with Crippen molar-refractivity contribution in [3.63, 3.8) is 0 Å². The Bertz CT molecular complexity index is 462. The molecule has 0 aromatic heterocycles. The molecule has 1 N–H and O–H groups in total. The summed E-state index contributed by atoms with van der Waals surface area (Å²) < 4.78 is 0. The zero-order valence-corrected chi connectivity index (χ0v) is 12.9. The summed E-state index contributed by atoms with van der Waals surface area (Å²) in [6, 6.07) is -0.0954. The van der Waals surface area contributed by atoms with E-state index in [1.165, 1.54) is 4.90 Å². The van der Waals surface area contributed by atoms with Gasteiger partial charge in [-0.15, -0.1) is 0 Å². The van der Waals surface area contributed by atoms with E-state index in [4.69, 9.17) is 0 Å². The number of Topliss-reactive ketones (excluding diaryl/α,β-unsaturated/α-hetero) is 1. The molecule has 0 aromatic rings. The highest BCUT2D eigenvalue weighted by atomic mass is 16.4. The molecule has 5 heteroatoms. The van der Waals surface area contributed by atoms with Crippen LogP contribution in [0.1, 0.15) is 27.2 Å². The van der Waals surface area contributed by atoms with Crippen LogP contribution in [0, 0.1) is 17.3 Å². The Morgan fingerprint density at radius 1 is 1.40 bits per heavy atom. The molecular weight excluding hydrogens is 256 g/mol. The van der Waals surface area contributed by atoms with Crippen molar-refractivity contribution in [3.05, 3.63) is 11.8 Å². The number of amides is 1. The summed E-state index contributed by atoms with van der Waals surface area (Å²) in [6.07, 6.45) is 1.45. The van der Waals surface area contributed by atoms with E-state index in [1.54, 1.807) is 0 Å². The lowest BCUT2D eigenvalue weighted by atomic mass is 9.77. The second kappa shape index (κ2) is 4.79. The van der Waals surface area contributed by atoms with E-state index in [2.05, 4.69) is 0 Å². The van der Waals surface area contributed by atoms with Crippen LogP contribution < -0.4 is 0 Å².